The Labute approximate surface area is 151 Å². The predicted molar refractivity (Wildman–Crippen MR) is 104 cm³/mol. The van der Waals surface area contributed by atoms with Crippen molar-refractivity contribution in [2.45, 2.75) is 20.4 Å². The number of hydrogen-bond acceptors (Lipinski definition) is 2. The second kappa shape index (κ2) is 6.52. The molecule has 26 heavy (non-hydrogen) atoms. The number of benzene rings is 2. The van der Waals surface area contributed by atoms with Crippen LogP contribution in [0.2, 0.25) is 0 Å². The third kappa shape index (κ3) is 2.99. The molecule has 4 aromatic rings. The molecular formula is C21H20N4O. The van der Waals surface area contributed by atoms with Crippen LogP contribution in [0.5, 0.6) is 0 Å². The molecule has 5 nitrogen and oxygen atoms in total. The van der Waals surface area contributed by atoms with Gasteiger partial charge in [0.15, 0.2) is 0 Å². The molecule has 5 heteroatoms. The monoisotopic (exact) mass is 344 g/mol. The number of carbonyl (C=O) groups excluding carboxylic acids is 1. The zero-order valence-electron chi connectivity index (χ0n) is 14.8. The van der Waals surface area contributed by atoms with Crippen molar-refractivity contribution in [3.8, 4) is 5.69 Å². The lowest BCUT2D eigenvalue weighted by Crippen LogP contribution is -2.21. The summed E-state index contributed by atoms with van der Waals surface area (Å²) >= 11 is 0. The molecule has 0 aliphatic heterocycles. The van der Waals surface area contributed by atoms with Gasteiger partial charge in [-0.15, -0.1) is 0 Å². The van der Waals surface area contributed by atoms with E-state index in [9.17, 15) is 4.79 Å². The zero-order valence-corrected chi connectivity index (χ0v) is 14.8. The second-order valence-corrected chi connectivity index (χ2v) is 6.40. The quantitative estimate of drug-likeness (QED) is 0.606. The summed E-state index contributed by atoms with van der Waals surface area (Å²) in [5.74, 6) is 0.597. The molecule has 0 unspecified atom stereocenters. The Morgan fingerprint density at radius 1 is 1.00 bits per heavy atom. The summed E-state index contributed by atoms with van der Waals surface area (Å²) in [6, 6.07) is 21.9. The molecule has 1 N–H and O–H groups in total. The third-order valence-electron chi connectivity index (χ3n) is 4.42. The number of aromatic nitrogens is 3. The number of nitrogens with one attached hydrogen (secondary N) is 1. The highest BCUT2D eigenvalue weighted by Crippen LogP contribution is 2.20. The van der Waals surface area contributed by atoms with Crippen LogP contribution < -0.4 is 5.32 Å². The number of nitrogens with zero attached hydrogens (tertiary/aromatic N) is 3. The van der Waals surface area contributed by atoms with E-state index in [0.29, 0.717) is 5.82 Å². The lowest BCUT2D eigenvalue weighted by molar-refractivity contribution is -0.116. The molecule has 0 fully saturated rings. The number of amides is 1. The normalized spacial score (nSPS) is 11.0. The van der Waals surface area contributed by atoms with Gasteiger partial charge in [0.2, 0.25) is 5.91 Å². The van der Waals surface area contributed by atoms with Crippen molar-refractivity contribution in [1.82, 2.24) is 14.3 Å². The molecule has 0 saturated carbocycles. The first kappa shape index (κ1) is 16.1. The van der Waals surface area contributed by atoms with E-state index in [1.54, 1.807) is 4.68 Å². The van der Waals surface area contributed by atoms with Crippen LogP contribution >= 0.6 is 0 Å². The molecule has 2 heterocycles. The third-order valence-corrected chi connectivity index (χ3v) is 4.42. The lowest BCUT2D eigenvalue weighted by atomic mass is 10.2. The number of carbonyl (C=O) groups is 1. The van der Waals surface area contributed by atoms with E-state index in [-0.39, 0.29) is 12.5 Å². The Morgan fingerprint density at radius 2 is 1.73 bits per heavy atom. The van der Waals surface area contributed by atoms with E-state index in [0.717, 1.165) is 28.0 Å². The molecule has 0 aliphatic carbocycles. The minimum Gasteiger partial charge on any atom is -0.335 e. The smallest absolute Gasteiger partial charge is 0.245 e. The van der Waals surface area contributed by atoms with Gasteiger partial charge in [0.1, 0.15) is 12.4 Å². The molecule has 0 bridgehead atoms. The molecule has 0 spiro atoms. The van der Waals surface area contributed by atoms with E-state index in [2.05, 4.69) is 22.5 Å². The van der Waals surface area contributed by atoms with Crippen LogP contribution in [0.15, 0.2) is 66.7 Å². The Bertz CT molecular complexity index is 1080. The van der Waals surface area contributed by atoms with Crippen molar-refractivity contribution in [2.75, 3.05) is 5.32 Å². The van der Waals surface area contributed by atoms with Crippen LogP contribution in [0.25, 0.3) is 16.6 Å². The predicted octanol–water partition coefficient (Wildman–Crippen LogP) is 4.08. The molecule has 2 aromatic heterocycles. The minimum atomic E-state index is -0.0773. The molecule has 0 atom stereocenters. The van der Waals surface area contributed by atoms with Crippen LogP contribution in [-0.4, -0.2) is 20.3 Å². The number of anilines is 1. The van der Waals surface area contributed by atoms with Gasteiger partial charge in [0.25, 0.3) is 0 Å². The van der Waals surface area contributed by atoms with E-state index in [1.807, 2.05) is 73.0 Å². The zero-order chi connectivity index (χ0) is 18.1. The average Bonchev–Trinajstić information content (AvgIpc) is 3.15. The fourth-order valence-corrected chi connectivity index (χ4v) is 3.24. The van der Waals surface area contributed by atoms with Crippen molar-refractivity contribution < 1.29 is 4.79 Å². The standard InChI is InChI=1S/C21H20N4O/c1-15-12-20(25(23-15)18-9-4-3-5-10-18)22-21(26)14-24-16(2)13-17-8-6-7-11-19(17)24/h3-13H,14H2,1-2H3,(H,22,26). The number of hydrogen-bond donors (Lipinski definition) is 1. The Morgan fingerprint density at radius 3 is 2.54 bits per heavy atom. The Kier molecular flexibility index (Phi) is 4.05. The highest BCUT2D eigenvalue weighted by molar-refractivity contribution is 5.92. The van der Waals surface area contributed by atoms with Gasteiger partial charge in [-0.25, -0.2) is 4.68 Å². The lowest BCUT2D eigenvalue weighted by Gasteiger charge is -2.11. The van der Waals surface area contributed by atoms with Crippen molar-refractivity contribution in [2.24, 2.45) is 0 Å². The van der Waals surface area contributed by atoms with Crippen LogP contribution in [0.1, 0.15) is 11.4 Å². The van der Waals surface area contributed by atoms with E-state index < -0.39 is 0 Å². The molecule has 0 saturated heterocycles. The number of aryl methyl sites for hydroxylation is 2. The second-order valence-electron chi connectivity index (χ2n) is 6.40. The number of fused-ring (bicyclic) bond motifs is 1. The summed E-state index contributed by atoms with van der Waals surface area (Å²) in [6.07, 6.45) is 0. The van der Waals surface area contributed by atoms with E-state index in [1.165, 1.54) is 0 Å². The van der Waals surface area contributed by atoms with Crippen LogP contribution in [-0.2, 0) is 11.3 Å². The summed E-state index contributed by atoms with van der Waals surface area (Å²) < 4.78 is 3.79. The van der Waals surface area contributed by atoms with Crippen LogP contribution in [0.3, 0.4) is 0 Å². The summed E-state index contributed by atoms with van der Waals surface area (Å²) in [4.78, 5) is 12.7. The SMILES string of the molecule is Cc1cc(NC(=O)Cn2c(C)cc3ccccc32)n(-c2ccccc2)n1. The first-order valence-electron chi connectivity index (χ1n) is 8.58. The summed E-state index contributed by atoms with van der Waals surface area (Å²) in [7, 11) is 0. The van der Waals surface area contributed by atoms with Crippen LogP contribution in [0, 0.1) is 13.8 Å². The van der Waals surface area contributed by atoms with Gasteiger partial charge in [-0.05, 0) is 43.5 Å². The highest BCUT2D eigenvalue weighted by Gasteiger charge is 2.13. The van der Waals surface area contributed by atoms with Crippen molar-refractivity contribution >= 4 is 22.6 Å². The van der Waals surface area contributed by atoms with Gasteiger partial charge in [-0.1, -0.05) is 36.4 Å². The highest BCUT2D eigenvalue weighted by atomic mass is 16.2. The largest absolute Gasteiger partial charge is 0.335 e. The Balaban J connectivity index is 1.60. The molecular weight excluding hydrogens is 324 g/mol. The fourth-order valence-electron chi connectivity index (χ4n) is 3.24. The van der Waals surface area contributed by atoms with Gasteiger partial charge in [-0.2, -0.15) is 5.10 Å². The molecule has 2 aromatic carbocycles. The minimum absolute atomic E-state index is 0.0773. The van der Waals surface area contributed by atoms with Gasteiger partial charge >= 0.3 is 0 Å². The first-order chi connectivity index (χ1) is 12.6. The van der Waals surface area contributed by atoms with Crippen LogP contribution in [0.4, 0.5) is 5.82 Å². The Hall–Kier alpha value is -3.34. The maximum atomic E-state index is 12.7. The van der Waals surface area contributed by atoms with Crippen molar-refractivity contribution in [3.05, 3.63) is 78.1 Å². The topological polar surface area (TPSA) is 51.9 Å². The molecule has 130 valence electrons. The molecule has 1 amide bonds. The van der Waals surface area contributed by atoms with Gasteiger partial charge < -0.3 is 9.88 Å². The summed E-state index contributed by atoms with van der Waals surface area (Å²) in [5.41, 5.74) is 3.90. The van der Waals surface area contributed by atoms with Crippen molar-refractivity contribution in [1.29, 1.82) is 0 Å². The maximum absolute atomic E-state index is 12.7. The number of para-hydroxylation sites is 2. The molecule has 0 radical (unpaired) electrons. The van der Waals surface area contributed by atoms with Crippen molar-refractivity contribution in [3.63, 3.8) is 0 Å². The summed E-state index contributed by atoms with van der Waals surface area (Å²) in [6.45, 7) is 4.20. The van der Waals surface area contributed by atoms with E-state index in [4.69, 9.17) is 0 Å². The fraction of sp³-hybridized carbons (Fsp3) is 0.143. The van der Waals surface area contributed by atoms with Gasteiger partial charge in [0, 0.05) is 17.3 Å². The molecule has 0 aliphatic rings. The van der Waals surface area contributed by atoms with Gasteiger partial charge in [-0.3, -0.25) is 4.79 Å². The first-order valence-corrected chi connectivity index (χ1v) is 8.58. The summed E-state index contributed by atoms with van der Waals surface area (Å²) in [5, 5.41) is 8.64. The maximum Gasteiger partial charge on any atom is 0.245 e. The molecule has 4 rings (SSSR count). The van der Waals surface area contributed by atoms with Gasteiger partial charge in [0.05, 0.1) is 11.4 Å². The number of rotatable bonds is 4. The van der Waals surface area contributed by atoms with E-state index >= 15 is 0 Å². The average molecular weight is 344 g/mol.